The standard InChI is InChI=1S/C23H33NO/c1-3-17(4-2)10-13-24-14-12-23-11-6-5-7-20(23)22(24)15-18-8-9-19(25)16-21(18)23/h8-10,16,20,22,25H,3-7,11-15H2,1-2H3/t20-,22+,23-/m0/s1. The molecular formula is C23H33NO. The lowest BCUT2D eigenvalue weighted by atomic mass is 9.52. The van der Waals surface area contributed by atoms with E-state index in [9.17, 15) is 5.11 Å². The second-order valence-electron chi connectivity index (χ2n) is 8.44. The first-order chi connectivity index (χ1) is 12.2. The van der Waals surface area contributed by atoms with E-state index < -0.39 is 0 Å². The van der Waals surface area contributed by atoms with Crippen molar-refractivity contribution in [2.24, 2.45) is 5.92 Å². The summed E-state index contributed by atoms with van der Waals surface area (Å²) in [6.45, 7) is 6.90. The molecule has 2 fully saturated rings. The van der Waals surface area contributed by atoms with E-state index in [2.05, 4.69) is 37.0 Å². The van der Waals surface area contributed by atoms with Gasteiger partial charge in [0.25, 0.3) is 0 Å². The SMILES string of the molecule is CCC(=CCN1CC[C@@]23CCCC[C@H]2[C@H]1Cc1ccc(O)cc13)CC. The molecule has 4 rings (SSSR count). The minimum absolute atomic E-state index is 0.341. The van der Waals surface area contributed by atoms with Gasteiger partial charge in [-0.2, -0.15) is 0 Å². The molecule has 1 heterocycles. The second kappa shape index (κ2) is 6.79. The molecule has 1 saturated heterocycles. The molecule has 0 spiro atoms. The summed E-state index contributed by atoms with van der Waals surface area (Å²) in [5, 5.41) is 10.1. The first-order valence-corrected chi connectivity index (χ1v) is 10.4. The Labute approximate surface area is 152 Å². The van der Waals surface area contributed by atoms with E-state index in [-0.39, 0.29) is 0 Å². The molecule has 1 N–H and O–H groups in total. The number of fused-ring (bicyclic) bond motifs is 1. The molecule has 2 heteroatoms. The van der Waals surface area contributed by atoms with Gasteiger partial charge < -0.3 is 5.11 Å². The number of phenolic OH excluding ortho intramolecular Hbond substituents is 1. The van der Waals surface area contributed by atoms with Gasteiger partial charge in [-0.15, -0.1) is 0 Å². The van der Waals surface area contributed by atoms with Gasteiger partial charge in [0.15, 0.2) is 0 Å². The van der Waals surface area contributed by atoms with E-state index in [0.29, 0.717) is 17.2 Å². The summed E-state index contributed by atoms with van der Waals surface area (Å²) in [5.41, 5.74) is 4.93. The summed E-state index contributed by atoms with van der Waals surface area (Å²) in [7, 11) is 0. The predicted octanol–water partition coefficient (Wildman–Crippen LogP) is 5.20. The van der Waals surface area contributed by atoms with Crippen LogP contribution in [0, 0.1) is 5.92 Å². The number of allylic oxidation sites excluding steroid dienone is 1. The zero-order valence-corrected chi connectivity index (χ0v) is 15.9. The summed E-state index contributed by atoms with van der Waals surface area (Å²) < 4.78 is 0. The van der Waals surface area contributed by atoms with Gasteiger partial charge in [0.05, 0.1) is 0 Å². The molecule has 2 bridgehead atoms. The molecule has 0 radical (unpaired) electrons. The van der Waals surface area contributed by atoms with Crippen molar-refractivity contribution in [3.63, 3.8) is 0 Å². The van der Waals surface area contributed by atoms with Gasteiger partial charge in [-0.05, 0) is 74.2 Å². The highest BCUT2D eigenvalue weighted by molar-refractivity contribution is 5.45. The molecule has 0 amide bonds. The van der Waals surface area contributed by atoms with Crippen LogP contribution in [-0.2, 0) is 11.8 Å². The van der Waals surface area contributed by atoms with E-state index in [4.69, 9.17) is 0 Å². The molecular weight excluding hydrogens is 306 g/mol. The van der Waals surface area contributed by atoms with Crippen LogP contribution in [0.1, 0.15) is 69.9 Å². The fourth-order valence-electron chi connectivity index (χ4n) is 6.08. The number of phenols is 1. The van der Waals surface area contributed by atoms with Crippen LogP contribution >= 0.6 is 0 Å². The number of benzene rings is 1. The number of hydrogen-bond donors (Lipinski definition) is 1. The lowest BCUT2D eigenvalue weighted by Gasteiger charge is -2.59. The highest BCUT2D eigenvalue weighted by atomic mass is 16.3. The summed E-state index contributed by atoms with van der Waals surface area (Å²) in [6, 6.07) is 6.89. The molecule has 25 heavy (non-hydrogen) atoms. The van der Waals surface area contributed by atoms with Crippen LogP contribution in [0.3, 0.4) is 0 Å². The number of rotatable bonds is 4. The molecule has 1 aliphatic heterocycles. The van der Waals surface area contributed by atoms with Gasteiger partial charge in [-0.1, -0.05) is 44.4 Å². The summed E-state index contributed by atoms with van der Waals surface area (Å²) in [6.07, 6.45) is 12.7. The van der Waals surface area contributed by atoms with Crippen LogP contribution in [-0.4, -0.2) is 29.1 Å². The smallest absolute Gasteiger partial charge is 0.115 e. The van der Waals surface area contributed by atoms with Crippen LogP contribution in [0.4, 0.5) is 0 Å². The third-order valence-electron chi connectivity index (χ3n) is 7.46. The minimum atomic E-state index is 0.341. The van der Waals surface area contributed by atoms with Gasteiger partial charge in [-0.3, -0.25) is 4.90 Å². The zero-order chi connectivity index (χ0) is 17.4. The maximum atomic E-state index is 10.1. The van der Waals surface area contributed by atoms with Gasteiger partial charge in [-0.25, -0.2) is 0 Å². The lowest BCUT2D eigenvalue weighted by molar-refractivity contribution is -0.00531. The molecule has 136 valence electrons. The van der Waals surface area contributed by atoms with Crippen molar-refractivity contribution in [1.82, 2.24) is 4.90 Å². The van der Waals surface area contributed by atoms with Crippen molar-refractivity contribution in [2.75, 3.05) is 13.1 Å². The quantitative estimate of drug-likeness (QED) is 0.762. The monoisotopic (exact) mass is 339 g/mol. The lowest BCUT2D eigenvalue weighted by Crippen LogP contribution is -2.60. The number of nitrogens with zero attached hydrogens (tertiary/aromatic N) is 1. The Morgan fingerprint density at radius 2 is 2.08 bits per heavy atom. The molecule has 3 atom stereocenters. The number of piperidine rings is 1. The van der Waals surface area contributed by atoms with Crippen LogP contribution in [0.2, 0.25) is 0 Å². The van der Waals surface area contributed by atoms with E-state index in [1.807, 2.05) is 6.07 Å². The highest BCUT2D eigenvalue weighted by Gasteiger charge is 2.53. The third-order valence-corrected chi connectivity index (χ3v) is 7.46. The Morgan fingerprint density at radius 1 is 1.24 bits per heavy atom. The van der Waals surface area contributed by atoms with Gasteiger partial charge in [0.2, 0.25) is 0 Å². The maximum Gasteiger partial charge on any atom is 0.115 e. The normalized spacial score (nSPS) is 31.1. The van der Waals surface area contributed by atoms with Gasteiger partial charge in [0.1, 0.15) is 5.75 Å². The highest BCUT2D eigenvalue weighted by Crippen LogP contribution is 2.56. The summed E-state index contributed by atoms with van der Waals surface area (Å²) in [4.78, 5) is 2.77. The average molecular weight is 340 g/mol. The number of aromatic hydroxyl groups is 1. The van der Waals surface area contributed by atoms with Crippen molar-refractivity contribution >= 4 is 0 Å². The van der Waals surface area contributed by atoms with Gasteiger partial charge >= 0.3 is 0 Å². The van der Waals surface area contributed by atoms with Gasteiger partial charge in [0, 0.05) is 18.0 Å². The molecule has 2 aliphatic carbocycles. The number of likely N-dealkylation sites (tertiary alicyclic amines) is 1. The molecule has 2 nitrogen and oxygen atoms in total. The fraction of sp³-hybridized carbons (Fsp3) is 0.652. The molecule has 3 aliphatic rings. The van der Waals surface area contributed by atoms with Crippen molar-refractivity contribution in [1.29, 1.82) is 0 Å². The van der Waals surface area contributed by atoms with Crippen molar-refractivity contribution in [2.45, 2.75) is 76.7 Å². The second-order valence-corrected chi connectivity index (χ2v) is 8.44. The molecule has 1 aromatic carbocycles. The first kappa shape index (κ1) is 17.1. The molecule has 1 aromatic rings. The largest absolute Gasteiger partial charge is 0.508 e. The Balaban J connectivity index is 1.68. The Bertz CT molecular complexity index is 658. The van der Waals surface area contributed by atoms with Crippen LogP contribution in [0.15, 0.2) is 29.8 Å². The average Bonchev–Trinajstić information content (AvgIpc) is 2.64. The first-order valence-electron chi connectivity index (χ1n) is 10.4. The number of hydrogen-bond acceptors (Lipinski definition) is 2. The van der Waals surface area contributed by atoms with E-state index in [1.54, 1.807) is 5.57 Å². The van der Waals surface area contributed by atoms with Crippen molar-refractivity contribution in [3.05, 3.63) is 41.0 Å². The summed E-state index contributed by atoms with van der Waals surface area (Å²) in [5.74, 6) is 1.24. The molecule has 0 aromatic heterocycles. The zero-order valence-electron chi connectivity index (χ0n) is 15.9. The van der Waals surface area contributed by atoms with Crippen molar-refractivity contribution in [3.8, 4) is 5.75 Å². The van der Waals surface area contributed by atoms with Crippen molar-refractivity contribution < 1.29 is 5.11 Å². The predicted molar refractivity (Wildman–Crippen MR) is 104 cm³/mol. The Hall–Kier alpha value is -1.28. The van der Waals surface area contributed by atoms with Crippen LogP contribution < -0.4 is 0 Å². The van der Waals surface area contributed by atoms with E-state index >= 15 is 0 Å². The minimum Gasteiger partial charge on any atom is -0.508 e. The molecule has 0 unspecified atom stereocenters. The maximum absolute atomic E-state index is 10.1. The van der Waals surface area contributed by atoms with E-state index in [0.717, 1.165) is 12.5 Å². The summed E-state index contributed by atoms with van der Waals surface area (Å²) >= 11 is 0. The third kappa shape index (κ3) is 2.83. The molecule has 1 saturated carbocycles. The van der Waals surface area contributed by atoms with Crippen LogP contribution in [0.5, 0.6) is 5.75 Å². The topological polar surface area (TPSA) is 23.5 Å². The van der Waals surface area contributed by atoms with Crippen LogP contribution in [0.25, 0.3) is 0 Å². The Kier molecular flexibility index (Phi) is 4.66. The fourth-order valence-corrected chi connectivity index (χ4v) is 6.08. The Morgan fingerprint density at radius 3 is 2.88 bits per heavy atom. The van der Waals surface area contributed by atoms with E-state index in [1.165, 1.54) is 69.0 Å².